The Labute approximate surface area is 189 Å². The second-order valence-corrected chi connectivity index (χ2v) is 6.94. The van der Waals surface area contributed by atoms with Crippen LogP contribution in [0.5, 0.6) is 0 Å². The maximum absolute atomic E-state index is 4.81. The molecule has 0 spiro atoms. The fraction of sp³-hybridized carbons (Fsp3) is 0.321. The average molecular weight is 416 g/mol. The molecule has 0 saturated carbocycles. The zero-order valence-electron chi connectivity index (χ0n) is 20.0. The molecule has 3 heteroatoms. The van der Waals surface area contributed by atoms with Crippen LogP contribution in [0.15, 0.2) is 79.4 Å². The van der Waals surface area contributed by atoms with E-state index < -0.39 is 0 Å². The second-order valence-electron chi connectivity index (χ2n) is 6.94. The van der Waals surface area contributed by atoms with Crippen LogP contribution in [0.1, 0.15) is 66.0 Å². The molecule has 0 bridgehead atoms. The summed E-state index contributed by atoms with van der Waals surface area (Å²) >= 11 is 0. The van der Waals surface area contributed by atoms with Gasteiger partial charge in [-0.15, -0.1) is 0 Å². The lowest BCUT2D eigenvalue weighted by Crippen LogP contribution is -2.04. The van der Waals surface area contributed by atoms with E-state index in [1.807, 2.05) is 82.3 Å². The monoisotopic (exact) mass is 415 g/mol. The first kappa shape index (κ1) is 26.0. The van der Waals surface area contributed by atoms with Crippen molar-refractivity contribution in [2.45, 2.75) is 54.4 Å². The zero-order chi connectivity index (χ0) is 23.1. The van der Waals surface area contributed by atoms with Gasteiger partial charge in [-0.25, -0.2) is 15.0 Å². The van der Waals surface area contributed by atoms with Gasteiger partial charge < -0.3 is 0 Å². The standard InChI is InChI=1S/C26H31N3.C2H6/c1-6-13-21(14-7-2)24-27-25(22(15-8-3)19-18-20(5)9-4)29-26(28-24)23-16-11-10-12-17-23;1-2/h6-8,10-17,19-20H,1,9,18H2,2-5H3;1-2H3/b14-7-,15-8-,21-13+,22-19+;. The normalized spacial score (nSPS) is 13.2. The Morgan fingerprint density at radius 3 is 2.06 bits per heavy atom. The molecule has 2 rings (SSSR count). The summed E-state index contributed by atoms with van der Waals surface area (Å²) in [7, 11) is 0. The van der Waals surface area contributed by atoms with Crippen molar-refractivity contribution in [3.05, 3.63) is 91.1 Å². The lowest BCUT2D eigenvalue weighted by atomic mass is 10.0. The van der Waals surface area contributed by atoms with Crippen molar-refractivity contribution in [3.63, 3.8) is 0 Å². The van der Waals surface area contributed by atoms with Crippen molar-refractivity contribution in [2.75, 3.05) is 0 Å². The number of aromatic nitrogens is 3. The summed E-state index contributed by atoms with van der Waals surface area (Å²) in [5, 5.41) is 0. The quantitative estimate of drug-likeness (QED) is 0.388. The molecule has 0 aliphatic rings. The van der Waals surface area contributed by atoms with Gasteiger partial charge in [-0.1, -0.05) is 114 Å². The van der Waals surface area contributed by atoms with E-state index in [4.69, 9.17) is 15.0 Å². The summed E-state index contributed by atoms with van der Waals surface area (Å²) in [6.45, 7) is 16.3. The van der Waals surface area contributed by atoms with Crippen LogP contribution in [0.4, 0.5) is 0 Å². The first-order chi connectivity index (χ1) is 15.1. The fourth-order valence-corrected chi connectivity index (χ4v) is 2.77. The molecule has 0 N–H and O–H groups in total. The van der Waals surface area contributed by atoms with Crippen LogP contribution >= 0.6 is 0 Å². The Hall–Kier alpha value is -3.07. The van der Waals surface area contributed by atoms with Crippen LogP contribution in [-0.2, 0) is 0 Å². The summed E-state index contributed by atoms with van der Waals surface area (Å²) in [5.74, 6) is 2.62. The van der Waals surface area contributed by atoms with Gasteiger partial charge in [0, 0.05) is 16.7 Å². The second kappa shape index (κ2) is 14.8. The van der Waals surface area contributed by atoms with Crippen LogP contribution in [0.3, 0.4) is 0 Å². The molecule has 0 aliphatic heterocycles. The Morgan fingerprint density at radius 2 is 1.52 bits per heavy atom. The van der Waals surface area contributed by atoms with Crippen LogP contribution in [0.2, 0.25) is 0 Å². The van der Waals surface area contributed by atoms with E-state index in [0.29, 0.717) is 23.4 Å². The average Bonchev–Trinajstić information content (AvgIpc) is 2.83. The van der Waals surface area contributed by atoms with Gasteiger partial charge in [0.05, 0.1) is 0 Å². The SMILES string of the molecule is C=C/C=C(\C=C/C)c1nc(C(/C=C\C)=C/CC(C)CC)nc(-c2ccccc2)n1.CC. The van der Waals surface area contributed by atoms with Crippen molar-refractivity contribution in [3.8, 4) is 11.4 Å². The van der Waals surface area contributed by atoms with Crippen LogP contribution in [-0.4, -0.2) is 15.0 Å². The van der Waals surface area contributed by atoms with E-state index in [9.17, 15) is 0 Å². The van der Waals surface area contributed by atoms with Crippen LogP contribution in [0.25, 0.3) is 22.5 Å². The van der Waals surface area contributed by atoms with Crippen molar-refractivity contribution in [2.24, 2.45) is 5.92 Å². The lowest BCUT2D eigenvalue weighted by molar-refractivity contribution is 0.572. The predicted molar refractivity (Wildman–Crippen MR) is 136 cm³/mol. The summed E-state index contributed by atoms with van der Waals surface area (Å²) < 4.78 is 0. The third-order valence-electron chi connectivity index (χ3n) is 4.61. The zero-order valence-corrected chi connectivity index (χ0v) is 20.0. The van der Waals surface area contributed by atoms with Crippen LogP contribution in [0, 0.1) is 5.92 Å². The minimum absolute atomic E-state index is 0.615. The minimum atomic E-state index is 0.615. The van der Waals surface area contributed by atoms with Gasteiger partial charge in [0.1, 0.15) is 0 Å². The topological polar surface area (TPSA) is 38.7 Å². The molecule has 0 fully saturated rings. The van der Waals surface area contributed by atoms with Gasteiger partial charge in [-0.2, -0.15) is 0 Å². The minimum Gasteiger partial charge on any atom is -0.208 e. The molecule has 1 unspecified atom stereocenters. The highest BCUT2D eigenvalue weighted by Crippen LogP contribution is 2.23. The summed E-state index contributed by atoms with van der Waals surface area (Å²) in [4.78, 5) is 14.4. The largest absolute Gasteiger partial charge is 0.208 e. The Morgan fingerprint density at radius 1 is 0.935 bits per heavy atom. The third-order valence-corrected chi connectivity index (χ3v) is 4.61. The summed E-state index contributed by atoms with van der Waals surface area (Å²) in [5.41, 5.74) is 2.90. The molecule has 164 valence electrons. The van der Waals surface area contributed by atoms with Gasteiger partial charge in [-0.05, 0) is 26.2 Å². The van der Waals surface area contributed by atoms with Gasteiger partial charge >= 0.3 is 0 Å². The maximum Gasteiger partial charge on any atom is 0.164 e. The fourth-order valence-electron chi connectivity index (χ4n) is 2.77. The highest BCUT2D eigenvalue weighted by molar-refractivity contribution is 5.75. The van der Waals surface area contributed by atoms with Gasteiger partial charge in [0.2, 0.25) is 0 Å². The first-order valence-electron chi connectivity index (χ1n) is 11.2. The molecule has 0 aliphatic carbocycles. The molecule has 3 nitrogen and oxygen atoms in total. The third kappa shape index (κ3) is 8.29. The Balaban J connectivity index is 0.00000233. The molecule has 1 atom stereocenters. The van der Waals surface area contributed by atoms with E-state index in [0.717, 1.165) is 29.6 Å². The predicted octanol–water partition coefficient (Wildman–Crippen LogP) is 8.11. The number of hydrogen-bond acceptors (Lipinski definition) is 3. The van der Waals surface area contributed by atoms with Crippen molar-refractivity contribution in [1.82, 2.24) is 15.0 Å². The number of benzene rings is 1. The highest BCUT2D eigenvalue weighted by Gasteiger charge is 2.13. The van der Waals surface area contributed by atoms with Gasteiger partial charge in [0.25, 0.3) is 0 Å². The van der Waals surface area contributed by atoms with Crippen molar-refractivity contribution >= 4 is 11.1 Å². The molecule has 0 saturated heterocycles. The highest BCUT2D eigenvalue weighted by atomic mass is 15.0. The van der Waals surface area contributed by atoms with Crippen molar-refractivity contribution in [1.29, 1.82) is 0 Å². The van der Waals surface area contributed by atoms with E-state index in [1.165, 1.54) is 0 Å². The maximum atomic E-state index is 4.81. The number of hydrogen-bond donors (Lipinski definition) is 0. The number of rotatable bonds is 9. The lowest BCUT2D eigenvalue weighted by Gasteiger charge is -2.10. The number of nitrogens with zero attached hydrogens (tertiary/aromatic N) is 3. The van der Waals surface area contributed by atoms with Gasteiger partial charge in [0.15, 0.2) is 17.5 Å². The molecule has 1 heterocycles. The first-order valence-corrected chi connectivity index (χ1v) is 11.2. The van der Waals surface area contributed by atoms with Crippen LogP contribution < -0.4 is 0 Å². The summed E-state index contributed by atoms with van der Waals surface area (Å²) in [6, 6.07) is 10.0. The molecule has 31 heavy (non-hydrogen) atoms. The molecular formula is C28H37N3. The Kier molecular flexibility index (Phi) is 12.4. The van der Waals surface area contributed by atoms with E-state index in [1.54, 1.807) is 6.08 Å². The van der Waals surface area contributed by atoms with E-state index in [2.05, 4.69) is 32.6 Å². The van der Waals surface area contributed by atoms with E-state index in [-0.39, 0.29) is 0 Å². The molecular weight excluding hydrogens is 378 g/mol. The Bertz CT molecular complexity index is 919. The van der Waals surface area contributed by atoms with Crippen molar-refractivity contribution < 1.29 is 0 Å². The molecule has 1 aromatic carbocycles. The molecule has 2 aromatic rings. The molecule has 0 radical (unpaired) electrons. The molecule has 0 amide bonds. The van der Waals surface area contributed by atoms with E-state index >= 15 is 0 Å². The summed E-state index contributed by atoms with van der Waals surface area (Å²) in [6.07, 6.45) is 16.1. The smallest absolute Gasteiger partial charge is 0.164 e. The van der Waals surface area contributed by atoms with Gasteiger partial charge in [-0.3, -0.25) is 0 Å². The molecule has 1 aromatic heterocycles. The number of allylic oxidation sites excluding steroid dienone is 9.